The number of amides is 2. The van der Waals surface area contributed by atoms with Crippen molar-refractivity contribution in [1.82, 2.24) is 4.90 Å². The summed E-state index contributed by atoms with van der Waals surface area (Å²) in [6, 6.07) is 20.5. The first kappa shape index (κ1) is 28.0. The third kappa shape index (κ3) is 7.30. The van der Waals surface area contributed by atoms with Gasteiger partial charge in [0.15, 0.2) is 0 Å². The Bertz CT molecular complexity index is 1260. The third-order valence-corrected chi connectivity index (χ3v) is 7.69. The average Bonchev–Trinajstić information content (AvgIpc) is 2.94. The number of ether oxygens (including phenoxy) is 1. The number of methoxy groups -OCH3 is 1. The molecule has 0 saturated heterocycles. The molecule has 3 aromatic carbocycles. The van der Waals surface area contributed by atoms with E-state index in [0.717, 1.165) is 61.1 Å². The van der Waals surface area contributed by atoms with Gasteiger partial charge in [0, 0.05) is 30.9 Å². The maximum absolute atomic E-state index is 13.7. The number of benzene rings is 3. The van der Waals surface area contributed by atoms with E-state index >= 15 is 0 Å². The fourth-order valence-electron chi connectivity index (χ4n) is 4.89. The smallest absolute Gasteiger partial charge is 0.254 e. The number of para-hydroxylation sites is 1. The van der Waals surface area contributed by atoms with E-state index in [-0.39, 0.29) is 18.2 Å². The molecule has 4 rings (SSSR count). The normalized spacial score (nSPS) is 15.0. The van der Waals surface area contributed by atoms with E-state index in [9.17, 15) is 9.59 Å². The first-order chi connectivity index (χ1) is 18.5. The number of hydrogen-bond donors (Lipinski definition) is 0. The number of carbonyl (C=O) groups is 2. The summed E-state index contributed by atoms with van der Waals surface area (Å²) in [7, 11) is 1.63. The van der Waals surface area contributed by atoms with Gasteiger partial charge in [-0.2, -0.15) is 0 Å². The maximum Gasteiger partial charge on any atom is 0.254 e. The fraction of sp³-hybridized carbons (Fsp3) is 0.355. The van der Waals surface area contributed by atoms with Crippen LogP contribution in [0.2, 0.25) is 10.0 Å². The largest absolute Gasteiger partial charge is 0.497 e. The van der Waals surface area contributed by atoms with Crippen LogP contribution in [-0.4, -0.2) is 36.9 Å². The van der Waals surface area contributed by atoms with E-state index in [0.29, 0.717) is 35.2 Å². The summed E-state index contributed by atoms with van der Waals surface area (Å²) in [6.45, 7) is 1.67. The van der Waals surface area contributed by atoms with Crippen molar-refractivity contribution in [3.05, 3.63) is 93.5 Å². The monoisotopic (exact) mass is 552 g/mol. The quantitative estimate of drug-likeness (QED) is 0.335. The second kappa shape index (κ2) is 13.7. The van der Waals surface area contributed by atoms with Crippen LogP contribution in [0.1, 0.15) is 60.0 Å². The Morgan fingerprint density at radius 1 is 0.816 bits per heavy atom. The second-order valence-corrected chi connectivity index (χ2v) is 10.5. The minimum atomic E-state index is -0.0949. The topological polar surface area (TPSA) is 49.9 Å². The second-order valence-electron chi connectivity index (χ2n) is 9.68. The molecule has 0 fully saturated rings. The van der Waals surface area contributed by atoms with Gasteiger partial charge in [0.1, 0.15) is 5.75 Å². The Morgan fingerprint density at radius 3 is 2.32 bits per heavy atom. The molecule has 7 heteroatoms. The first-order valence-electron chi connectivity index (χ1n) is 13.2. The van der Waals surface area contributed by atoms with Crippen LogP contribution >= 0.6 is 23.2 Å². The molecule has 0 bridgehead atoms. The zero-order valence-electron chi connectivity index (χ0n) is 21.8. The Hall–Kier alpha value is -3.02. The van der Waals surface area contributed by atoms with Crippen molar-refractivity contribution in [2.75, 3.05) is 25.1 Å². The average molecular weight is 554 g/mol. The number of carbonyl (C=O) groups excluding carboxylic acids is 2. The van der Waals surface area contributed by atoms with Crippen LogP contribution in [0.3, 0.4) is 0 Å². The molecule has 1 aliphatic heterocycles. The summed E-state index contributed by atoms with van der Waals surface area (Å²) in [5.74, 6) is 0.669. The highest BCUT2D eigenvalue weighted by Gasteiger charge is 2.23. The Balaban J connectivity index is 1.65. The molecular weight excluding hydrogens is 519 g/mol. The fourth-order valence-corrected chi connectivity index (χ4v) is 5.19. The van der Waals surface area contributed by atoms with E-state index in [1.165, 1.54) is 0 Å². The van der Waals surface area contributed by atoms with Gasteiger partial charge in [0.25, 0.3) is 5.91 Å². The molecule has 3 aromatic rings. The van der Waals surface area contributed by atoms with Gasteiger partial charge in [-0.15, -0.1) is 0 Å². The van der Waals surface area contributed by atoms with E-state index in [2.05, 4.69) is 0 Å². The van der Waals surface area contributed by atoms with Gasteiger partial charge in [-0.05, 0) is 60.4 Å². The summed E-state index contributed by atoms with van der Waals surface area (Å²) in [6.07, 6.45) is 6.48. The Labute approximate surface area is 235 Å². The lowest BCUT2D eigenvalue weighted by atomic mass is 10.1. The molecular formula is C31H34Cl2N2O3. The van der Waals surface area contributed by atoms with Crippen molar-refractivity contribution in [1.29, 1.82) is 0 Å². The molecule has 2 amide bonds. The van der Waals surface area contributed by atoms with Gasteiger partial charge in [-0.25, -0.2) is 0 Å². The van der Waals surface area contributed by atoms with Crippen LogP contribution in [0.25, 0.3) is 0 Å². The lowest BCUT2D eigenvalue weighted by Gasteiger charge is -2.29. The zero-order chi connectivity index (χ0) is 26.9. The number of rotatable bonds is 4. The van der Waals surface area contributed by atoms with Gasteiger partial charge in [0.05, 0.1) is 23.6 Å². The molecule has 0 saturated carbocycles. The molecule has 0 radical (unpaired) electrons. The minimum absolute atomic E-state index is 0.0305. The first-order valence-corrected chi connectivity index (χ1v) is 14.0. The summed E-state index contributed by atoms with van der Waals surface area (Å²) in [5, 5.41) is 0.779. The van der Waals surface area contributed by atoms with Crippen LogP contribution < -0.4 is 9.64 Å². The van der Waals surface area contributed by atoms with Crippen LogP contribution in [0.5, 0.6) is 5.75 Å². The van der Waals surface area contributed by atoms with Gasteiger partial charge >= 0.3 is 0 Å². The molecule has 38 heavy (non-hydrogen) atoms. The predicted octanol–water partition coefficient (Wildman–Crippen LogP) is 7.57. The minimum Gasteiger partial charge on any atom is -0.497 e. The third-order valence-electron chi connectivity index (χ3n) is 6.95. The van der Waals surface area contributed by atoms with Crippen molar-refractivity contribution in [3.8, 4) is 5.75 Å². The summed E-state index contributed by atoms with van der Waals surface area (Å²) < 4.78 is 5.35. The molecule has 0 spiro atoms. The summed E-state index contributed by atoms with van der Waals surface area (Å²) >= 11 is 12.3. The van der Waals surface area contributed by atoms with Crippen molar-refractivity contribution in [2.24, 2.45) is 0 Å². The van der Waals surface area contributed by atoms with Gasteiger partial charge in [0.2, 0.25) is 5.91 Å². The standard InChI is InChI=1S/C31H34Cl2N2O3/c1-38-26-13-10-11-23(19-26)20-30(36)35-18-9-5-3-2-4-8-17-34(22-25-12-6-7-14-29(25)35)31(37)24-15-16-27(32)28(33)21-24/h6-7,10-16,19,21H,2-5,8-9,17-18,20,22H2,1H3. The van der Waals surface area contributed by atoms with Gasteiger partial charge < -0.3 is 14.5 Å². The molecule has 0 atom stereocenters. The van der Waals surface area contributed by atoms with Crippen molar-refractivity contribution < 1.29 is 14.3 Å². The van der Waals surface area contributed by atoms with Crippen LogP contribution in [-0.2, 0) is 17.8 Å². The summed E-state index contributed by atoms with van der Waals surface area (Å²) in [4.78, 5) is 31.1. The van der Waals surface area contributed by atoms with E-state index in [1.807, 2.05) is 58.3 Å². The van der Waals surface area contributed by atoms with Crippen LogP contribution in [0.15, 0.2) is 66.7 Å². The van der Waals surface area contributed by atoms with Gasteiger partial charge in [-0.3, -0.25) is 9.59 Å². The number of fused-ring (bicyclic) bond motifs is 1. The molecule has 0 N–H and O–H groups in total. The number of anilines is 1. The number of hydrogen-bond acceptors (Lipinski definition) is 3. The molecule has 1 aliphatic rings. The number of nitrogens with zero attached hydrogens (tertiary/aromatic N) is 2. The molecule has 5 nitrogen and oxygen atoms in total. The summed E-state index contributed by atoms with van der Waals surface area (Å²) in [5.41, 5.74) is 3.21. The van der Waals surface area contributed by atoms with Crippen molar-refractivity contribution in [2.45, 2.75) is 51.5 Å². The highest BCUT2D eigenvalue weighted by atomic mass is 35.5. The molecule has 0 aliphatic carbocycles. The van der Waals surface area contributed by atoms with E-state index in [1.54, 1.807) is 25.3 Å². The lowest BCUT2D eigenvalue weighted by Crippen LogP contribution is -2.36. The van der Waals surface area contributed by atoms with Crippen LogP contribution in [0, 0.1) is 0 Å². The Kier molecular flexibility index (Phi) is 10.1. The van der Waals surface area contributed by atoms with Crippen LogP contribution in [0.4, 0.5) is 5.69 Å². The predicted molar refractivity (Wildman–Crippen MR) is 154 cm³/mol. The lowest BCUT2D eigenvalue weighted by molar-refractivity contribution is -0.118. The number of halogens is 2. The van der Waals surface area contributed by atoms with Crippen molar-refractivity contribution >= 4 is 40.7 Å². The van der Waals surface area contributed by atoms with Gasteiger partial charge in [-0.1, -0.05) is 79.2 Å². The molecule has 0 aromatic heterocycles. The SMILES string of the molecule is COc1cccc(CC(=O)N2CCCCCCCCN(C(=O)c3ccc(Cl)c(Cl)c3)Cc3ccccc32)c1. The highest BCUT2D eigenvalue weighted by molar-refractivity contribution is 6.42. The van der Waals surface area contributed by atoms with E-state index < -0.39 is 0 Å². The van der Waals surface area contributed by atoms with E-state index in [4.69, 9.17) is 27.9 Å². The molecule has 1 heterocycles. The van der Waals surface area contributed by atoms with Crippen molar-refractivity contribution in [3.63, 3.8) is 0 Å². The maximum atomic E-state index is 13.7. The zero-order valence-corrected chi connectivity index (χ0v) is 23.3. The molecule has 0 unspecified atom stereocenters. The Morgan fingerprint density at radius 2 is 1.55 bits per heavy atom. The highest BCUT2D eigenvalue weighted by Crippen LogP contribution is 2.28. The molecule has 200 valence electrons.